The van der Waals surface area contributed by atoms with Gasteiger partial charge in [-0.3, -0.25) is 0 Å². The number of hydrogen-bond donors (Lipinski definition) is 1. The number of hydrogen-bond acceptors (Lipinski definition) is 7. The van der Waals surface area contributed by atoms with Crippen molar-refractivity contribution >= 4 is 34.9 Å². The van der Waals surface area contributed by atoms with Gasteiger partial charge < -0.3 is 10.5 Å². The average Bonchev–Trinajstić information content (AvgIpc) is 2.93. The summed E-state index contributed by atoms with van der Waals surface area (Å²) >= 11 is 4.86. The summed E-state index contributed by atoms with van der Waals surface area (Å²) in [5, 5.41) is 8.18. The fraction of sp³-hybridized carbons (Fsp3) is 0.333. The van der Waals surface area contributed by atoms with Gasteiger partial charge in [0.15, 0.2) is 8.68 Å². The second-order valence-electron chi connectivity index (χ2n) is 3.73. The van der Waals surface area contributed by atoms with Crippen LogP contribution in [0.1, 0.15) is 11.6 Å². The minimum Gasteiger partial charge on any atom is -0.497 e. The Hall–Kier alpha value is -0.760. The van der Waals surface area contributed by atoms with Crippen molar-refractivity contribution < 1.29 is 4.74 Å². The Labute approximate surface area is 125 Å². The van der Waals surface area contributed by atoms with E-state index < -0.39 is 0 Å². The maximum absolute atomic E-state index is 6.16. The minimum absolute atomic E-state index is 0.0162. The fourth-order valence-corrected chi connectivity index (χ4v) is 3.90. The molecular weight excluding hydrogens is 298 g/mol. The summed E-state index contributed by atoms with van der Waals surface area (Å²) in [7, 11) is 1.66. The van der Waals surface area contributed by atoms with Crippen LogP contribution in [0.15, 0.2) is 32.9 Å². The molecule has 19 heavy (non-hydrogen) atoms. The standard InChI is InChI=1S/C12H15N3OS3/c1-16-9-5-3-8(4-6-9)10(13)7-18-12-15-14-11(17-2)19-12/h3-6,10H,7,13H2,1-2H3. The summed E-state index contributed by atoms with van der Waals surface area (Å²) in [4.78, 5) is 0. The van der Waals surface area contributed by atoms with Gasteiger partial charge in [0.05, 0.1) is 7.11 Å². The molecule has 0 aliphatic rings. The van der Waals surface area contributed by atoms with Crippen LogP contribution < -0.4 is 10.5 Å². The van der Waals surface area contributed by atoms with Gasteiger partial charge in [-0.15, -0.1) is 10.2 Å². The van der Waals surface area contributed by atoms with Crippen LogP contribution in [-0.4, -0.2) is 29.3 Å². The molecule has 1 heterocycles. The Balaban J connectivity index is 1.90. The summed E-state index contributed by atoms with van der Waals surface area (Å²) in [5.74, 6) is 1.63. The number of rotatable bonds is 6. The topological polar surface area (TPSA) is 61.0 Å². The van der Waals surface area contributed by atoms with E-state index in [9.17, 15) is 0 Å². The maximum Gasteiger partial charge on any atom is 0.175 e. The highest BCUT2D eigenvalue weighted by molar-refractivity contribution is 8.02. The molecule has 0 aliphatic heterocycles. The molecule has 0 radical (unpaired) electrons. The molecule has 0 saturated carbocycles. The van der Waals surface area contributed by atoms with Gasteiger partial charge in [0.1, 0.15) is 5.75 Å². The van der Waals surface area contributed by atoms with Crippen LogP contribution in [0.25, 0.3) is 0 Å². The number of aromatic nitrogens is 2. The molecule has 1 unspecified atom stereocenters. The molecule has 102 valence electrons. The molecule has 0 bridgehead atoms. The molecule has 7 heteroatoms. The van der Waals surface area contributed by atoms with E-state index in [1.54, 1.807) is 42.0 Å². The van der Waals surface area contributed by atoms with E-state index in [2.05, 4.69) is 10.2 Å². The van der Waals surface area contributed by atoms with Crippen molar-refractivity contribution in [3.63, 3.8) is 0 Å². The van der Waals surface area contributed by atoms with Crippen LogP contribution in [0.5, 0.6) is 5.75 Å². The van der Waals surface area contributed by atoms with Crippen molar-refractivity contribution in [2.24, 2.45) is 5.73 Å². The Bertz CT molecular complexity index is 515. The van der Waals surface area contributed by atoms with Crippen LogP contribution in [0, 0.1) is 0 Å². The second kappa shape index (κ2) is 7.14. The van der Waals surface area contributed by atoms with Gasteiger partial charge in [-0.1, -0.05) is 47.0 Å². The lowest BCUT2D eigenvalue weighted by molar-refractivity contribution is 0.414. The van der Waals surface area contributed by atoms with Gasteiger partial charge in [-0.05, 0) is 24.0 Å². The second-order valence-corrected chi connectivity index (χ2v) is 7.03. The first-order valence-corrected chi connectivity index (χ1v) is 8.65. The first-order chi connectivity index (χ1) is 9.22. The van der Waals surface area contributed by atoms with E-state index in [0.29, 0.717) is 0 Å². The Kier molecular flexibility index (Phi) is 5.50. The van der Waals surface area contributed by atoms with E-state index in [-0.39, 0.29) is 6.04 Å². The lowest BCUT2D eigenvalue weighted by Gasteiger charge is -2.11. The van der Waals surface area contributed by atoms with Gasteiger partial charge in [-0.25, -0.2) is 0 Å². The number of methoxy groups -OCH3 is 1. The number of nitrogens with two attached hydrogens (primary N) is 1. The number of thioether (sulfide) groups is 2. The van der Waals surface area contributed by atoms with E-state index in [0.717, 1.165) is 25.7 Å². The van der Waals surface area contributed by atoms with Gasteiger partial charge in [0.25, 0.3) is 0 Å². The lowest BCUT2D eigenvalue weighted by Crippen LogP contribution is -2.12. The third kappa shape index (κ3) is 4.10. The normalized spacial score (nSPS) is 12.4. The molecule has 4 nitrogen and oxygen atoms in total. The SMILES string of the molecule is COc1ccc(C(N)CSc2nnc(SC)s2)cc1. The fourth-order valence-electron chi connectivity index (χ4n) is 1.45. The molecule has 2 rings (SSSR count). The molecule has 0 fully saturated rings. The van der Waals surface area contributed by atoms with Crippen molar-refractivity contribution in [2.45, 2.75) is 14.7 Å². The van der Waals surface area contributed by atoms with Crippen LogP contribution in [0.4, 0.5) is 0 Å². The van der Waals surface area contributed by atoms with Crippen LogP contribution in [0.3, 0.4) is 0 Å². The zero-order chi connectivity index (χ0) is 13.7. The highest BCUT2D eigenvalue weighted by atomic mass is 32.2. The summed E-state index contributed by atoms with van der Waals surface area (Å²) in [6, 6.07) is 7.83. The molecule has 1 aromatic heterocycles. The number of benzene rings is 1. The number of ether oxygens (including phenoxy) is 1. The van der Waals surface area contributed by atoms with Crippen LogP contribution in [-0.2, 0) is 0 Å². The van der Waals surface area contributed by atoms with Crippen LogP contribution >= 0.6 is 34.9 Å². The quantitative estimate of drug-likeness (QED) is 0.827. The predicted octanol–water partition coefficient (Wildman–Crippen LogP) is 3.06. The Morgan fingerprint density at radius 2 is 1.95 bits per heavy atom. The van der Waals surface area contributed by atoms with Crippen molar-refractivity contribution in [1.29, 1.82) is 0 Å². The maximum atomic E-state index is 6.16. The summed E-state index contributed by atoms with van der Waals surface area (Å²) in [5.41, 5.74) is 7.26. The summed E-state index contributed by atoms with van der Waals surface area (Å²) < 4.78 is 7.08. The highest BCUT2D eigenvalue weighted by Crippen LogP contribution is 2.29. The van der Waals surface area contributed by atoms with Gasteiger partial charge in [0, 0.05) is 11.8 Å². The summed E-state index contributed by atoms with van der Waals surface area (Å²) in [6.07, 6.45) is 2.00. The molecule has 0 spiro atoms. The van der Waals surface area contributed by atoms with E-state index >= 15 is 0 Å². The Morgan fingerprint density at radius 3 is 2.53 bits per heavy atom. The molecular formula is C12H15N3OS3. The first-order valence-electron chi connectivity index (χ1n) is 5.62. The minimum atomic E-state index is -0.0162. The predicted molar refractivity (Wildman–Crippen MR) is 82.3 cm³/mol. The molecule has 0 aliphatic carbocycles. The molecule has 2 N–H and O–H groups in total. The van der Waals surface area contributed by atoms with Crippen molar-refractivity contribution in [3.8, 4) is 5.75 Å². The largest absolute Gasteiger partial charge is 0.497 e. The smallest absolute Gasteiger partial charge is 0.175 e. The number of nitrogens with zero attached hydrogens (tertiary/aromatic N) is 2. The molecule has 2 aromatic rings. The third-order valence-corrected chi connectivity index (χ3v) is 5.64. The zero-order valence-corrected chi connectivity index (χ0v) is 13.1. The molecule has 0 amide bonds. The van der Waals surface area contributed by atoms with E-state index in [4.69, 9.17) is 10.5 Å². The van der Waals surface area contributed by atoms with E-state index in [1.165, 1.54) is 0 Å². The van der Waals surface area contributed by atoms with Crippen molar-refractivity contribution in [1.82, 2.24) is 10.2 Å². The monoisotopic (exact) mass is 313 g/mol. The van der Waals surface area contributed by atoms with Crippen molar-refractivity contribution in [2.75, 3.05) is 19.1 Å². The van der Waals surface area contributed by atoms with Gasteiger partial charge in [0.2, 0.25) is 0 Å². The average molecular weight is 313 g/mol. The first kappa shape index (κ1) is 14.6. The lowest BCUT2D eigenvalue weighted by atomic mass is 10.1. The van der Waals surface area contributed by atoms with Gasteiger partial charge in [-0.2, -0.15) is 0 Å². The molecule has 1 atom stereocenters. The summed E-state index contributed by atoms with van der Waals surface area (Å²) in [6.45, 7) is 0. The zero-order valence-electron chi connectivity index (χ0n) is 10.7. The Morgan fingerprint density at radius 1 is 1.26 bits per heavy atom. The molecule has 1 aromatic carbocycles. The van der Waals surface area contributed by atoms with Gasteiger partial charge >= 0.3 is 0 Å². The van der Waals surface area contributed by atoms with E-state index in [1.807, 2.05) is 30.5 Å². The van der Waals surface area contributed by atoms with Crippen LogP contribution in [0.2, 0.25) is 0 Å². The highest BCUT2D eigenvalue weighted by Gasteiger charge is 2.09. The van der Waals surface area contributed by atoms with Crippen molar-refractivity contribution in [3.05, 3.63) is 29.8 Å². The third-order valence-electron chi connectivity index (χ3n) is 2.49. The molecule has 0 saturated heterocycles.